The summed E-state index contributed by atoms with van der Waals surface area (Å²) in [6.07, 6.45) is 6.21. The van der Waals surface area contributed by atoms with Crippen molar-refractivity contribution in [3.8, 4) is 6.07 Å². The number of fused-ring (bicyclic) bond motifs is 1. The van der Waals surface area contributed by atoms with E-state index in [9.17, 15) is 24.4 Å². The standard InChI is InChI=1S/C19H25N3O5/c20-12-19(8-3-4-9-19)21-15(23)11-27-16(24)7-10-22-17(25)13-5-1-2-6-14(13)18(22)26/h13-14H,1-11H2,(H,21,23)/t13-,14-/m0/s1. The minimum absolute atomic E-state index is 0.00669. The van der Waals surface area contributed by atoms with E-state index in [-0.39, 0.29) is 36.6 Å². The largest absolute Gasteiger partial charge is 0.456 e. The van der Waals surface area contributed by atoms with Crippen molar-refractivity contribution in [2.45, 2.75) is 63.3 Å². The van der Waals surface area contributed by atoms with Crippen molar-refractivity contribution in [3.05, 3.63) is 0 Å². The maximum atomic E-state index is 12.3. The maximum Gasteiger partial charge on any atom is 0.308 e. The van der Waals surface area contributed by atoms with E-state index in [1.807, 2.05) is 0 Å². The van der Waals surface area contributed by atoms with Gasteiger partial charge in [0, 0.05) is 6.54 Å². The molecule has 0 bridgehead atoms. The number of imide groups is 1. The SMILES string of the molecule is N#CC1(NC(=O)COC(=O)CCN2C(=O)[C@H]3CCCC[C@@H]3C2=O)CCCC1. The molecule has 3 amide bonds. The molecule has 27 heavy (non-hydrogen) atoms. The van der Waals surface area contributed by atoms with Crippen LogP contribution in [0.5, 0.6) is 0 Å². The number of carbonyl (C=O) groups excluding carboxylic acids is 4. The quantitative estimate of drug-likeness (QED) is 0.548. The van der Waals surface area contributed by atoms with E-state index in [1.54, 1.807) is 0 Å². The topological polar surface area (TPSA) is 117 Å². The monoisotopic (exact) mass is 375 g/mol. The van der Waals surface area contributed by atoms with E-state index < -0.39 is 24.0 Å². The summed E-state index contributed by atoms with van der Waals surface area (Å²) >= 11 is 0. The van der Waals surface area contributed by atoms with Crippen molar-refractivity contribution in [2.24, 2.45) is 11.8 Å². The Morgan fingerprint density at radius 2 is 1.70 bits per heavy atom. The number of nitrogens with one attached hydrogen (secondary N) is 1. The Bertz CT molecular complexity index is 653. The molecule has 0 aromatic carbocycles. The highest BCUT2D eigenvalue weighted by molar-refractivity contribution is 6.05. The van der Waals surface area contributed by atoms with E-state index in [1.165, 1.54) is 4.90 Å². The van der Waals surface area contributed by atoms with Gasteiger partial charge in [0.2, 0.25) is 11.8 Å². The van der Waals surface area contributed by atoms with Gasteiger partial charge in [-0.15, -0.1) is 0 Å². The van der Waals surface area contributed by atoms with Crippen molar-refractivity contribution in [3.63, 3.8) is 0 Å². The van der Waals surface area contributed by atoms with E-state index in [4.69, 9.17) is 4.74 Å². The molecule has 1 heterocycles. The number of rotatable bonds is 6. The fourth-order valence-corrected chi connectivity index (χ4v) is 4.42. The van der Waals surface area contributed by atoms with E-state index in [0.29, 0.717) is 12.8 Å². The Morgan fingerprint density at radius 3 is 2.26 bits per heavy atom. The van der Waals surface area contributed by atoms with Crippen LogP contribution in [0, 0.1) is 23.2 Å². The minimum Gasteiger partial charge on any atom is -0.456 e. The number of amides is 3. The summed E-state index contributed by atoms with van der Waals surface area (Å²) in [5.74, 6) is -1.99. The number of likely N-dealkylation sites (tertiary alicyclic amines) is 1. The van der Waals surface area contributed by atoms with Gasteiger partial charge in [-0.3, -0.25) is 24.1 Å². The van der Waals surface area contributed by atoms with Crippen LogP contribution in [-0.4, -0.2) is 47.3 Å². The third kappa shape index (κ3) is 4.12. The van der Waals surface area contributed by atoms with Crippen molar-refractivity contribution in [2.75, 3.05) is 13.2 Å². The number of esters is 1. The van der Waals surface area contributed by atoms with Crippen LogP contribution in [0.15, 0.2) is 0 Å². The zero-order valence-electron chi connectivity index (χ0n) is 15.4. The highest BCUT2D eigenvalue weighted by Gasteiger charge is 2.47. The maximum absolute atomic E-state index is 12.3. The van der Waals surface area contributed by atoms with Gasteiger partial charge in [-0.25, -0.2) is 0 Å². The number of hydrogen-bond acceptors (Lipinski definition) is 6. The first-order valence-electron chi connectivity index (χ1n) is 9.69. The summed E-state index contributed by atoms with van der Waals surface area (Å²) in [4.78, 5) is 49.7. The summed E-state index contributed by atoms with van der Waals surface area (Å²) in [6.45, 7) is -0.470. The van der Waals surface area contributed by atoms with Gasteiger partial charge < -0.3 is 10.1 Å². The highest BCUT2D eigenvalue weighted by Crippen LogP contribution is 2.38. The third-order valence-corrected chi connectivity index (χ3v) is 5.89. The molecule has 3 aliphatic rings. The van der Waals surface area contributed by atoms with Crippen molar-refractivity contribution < 1.29 is 23.9 Å². The first-order chi connectivity index (χ1) is 13.0. The van der Waals surface area contributed by atoms with Crippen LogP contribution in [0.3, 0.4) is 0 Å². The van der Waals surface area contributed by atoms with Gasteiger partial charge in [-0.1, -0.05) is 12.8 Å². The van der Waals surface area contributed by atoms with Crippen molar-refractivity contribution in [1.82, 2.24) is 10.2 Å². The summed E-state index contributed by atoms with van der Waals surface area (Å²) < 4.78 is 4.94. The second-order valence-electron chi connectivity index (χ2n) is 7.69. The molecule has 8 heteroatoms. The van der Waals surface area contributed by atoms with Crippen LogP contribution < -0.4 is 5.32 Å². The zero-order chi connectivity index (χ0) is 19.4. The Kier molecular flexibility index (Phi) is 5.78. The molecular formula is C19H25N3O5. The Morgan fingerprint density at radius 1 is 1.11 bits per heavy atom. The predicted molar refractivity (Wildman–Crippen MR) is 92.7 cm³/mol. The lowest BCUT2D eigenvalue weighted by molar-refractivity contribution is -0.150. The Hall–Kier alpha value is -2.43. The average Bonchev–Trinajstić information content (AvgIpc) is 3.23. The number of ether oxygens (including phenoxy) is 1. The molecule has 1 N–H and O–H groups in total. The molecule has 0 aromatic rings. The Balaban J connectivity index is 1.42. The summed E-state index contributed by atoms with van der Waals surface area (Å²) in [5, 5.41) is 11.9. The average molecular weight is 375 g/mol. The van der Waals surface area contributed by atoms with E-state index >= 15 is 0 Å². The normalized spacial score (nSPS) is 26.4. The molecule has 0 unspecified atom stereocenters. The molecule has 0 radical (unpaired) electrons. The fraction of sp³-hybridized carbons (Fsp3) is 0.737. The fourth-order valence-electron chi connectivity index (χ4n) is 4.42. The molecule has 2 atom stereocenters. The molecule has 1 aliphatic heterocycles. The molecule has 2 aliphatic carbocycles. The lowest BCUT2D eigenvalue weighted by atomic mass is 9.81. The minimum atomic E-state index is -0.853. The number of hydrogen-bond donors (Lipinski definition) is 1. The second kappa shape index (κ2) is 8.07. The molecular weight excluding hydrogens is 350 g/mol. The molecule has 2 saturated carbocycles. The lowest BCUT2D eigenvalue weighted by Crippen LogP contribution is -2.46. The van der Waals surface area contributed by atoms with Gasteiger partial charge in [0.25, 0.3) is 5.91 Å². The van der Waals surface area contributed by atoms with E-state index in [0.717, 1.165) is 38.5 Å². The summed E-state index contributed by atoms with van der Waals surface area (Å²) in [7, 11) is 0. The second-order valence-corrected chi connectivity index (χ2v) is 7.69. The molecule has 0 spiro atoms. The van der Waals surface area contributed by atoms with Crippen LogP contribution in [0.1, 0.15) is 57.8 Å². The first kappa shape index (κ1) is 19.3. The van der Waals surface area contributed by atoms with Crippen LogP contribution in [0.2, 0.25) is 0 Å². The first-order valence-corrected chi connectivity index (χ1v) is 9.69. The smallest absolute Gasteiger partial charge is 0.308 e. The molecule has 3 rings (SSSR count). The number of carbonyl (C=O) groups is 4. The lowest BCUT2D eigenvalue weighted by Gasteiger charge is -2.21. The van der Waals surface area contributed by atoms with Gasteiger partial charge in [-0.05, 0) is 38.5 Å². The number of nitrogens with zero attached hydrogens (tertiary/aromatic N) is 2. The predicted octanol–water partition coefficient (Wildman–Crippen LogP) is 1.05. The number of nitriles is 1. The van der Waals surface area contributed by atoms with Crippen LogP contribution in [0.25, 0.3) is 0 Å². The third-order valence-electron chi connectivity index (χ3n) is 5.89. The van der Waals surface area contributed by atoms with Gasteiger partial charge in [0.1, 0.15) is 5.54 Å². The van der Waals surface area contributed by atoms with Crippen LogP contribution >= 0.6 is 0 Å². The molecule has 0 aromatic heterocycles. The zero-order valence-corrected chi connectivity index (χ0v) is 15.4. The molecule has 146 valence electrons. The molecule has 3 fully saturated rings. The summed E-state index contributed by atoms with van der Waals surface area (Å²) in [6, 6.07) is 2.14. The van der Waals surface area contributed by atoms with E-state index in [2.05, 4.69) is 11.4 Å². The van der Waals surface area contributed by atoms with Gasteiger partial charge in [0.05, 0.1) is 24.3 Å². The molecule has 1 saturated heterocycles. The van der Waals surface area contributed by atoms with Crippen LogP contribution in [-0.2, 0) is 23.9 Å². The Labute approximate surface area is 158 Å². The van der Waals surface area contributed by atoms with Crippen LogP contribution in [0.4, 0.5) is 0 Å². The highest BCUT2D eigenvalue weighted by atomic mass is 16.5. The van der Waals surface area contributed by atoms with Crippen molar-refractivity contribution in [1.29, 1.82) is 5.26 Å². The summed E-state index contributed by atoms with van der Waals surface area (Å²) in [5.41, 5.74) is -0.853. The van der Waals surface area contributed by atoms with Gasteiger partial charge in [-0.2, -0.15) is 5.26 Å². The van der Waals surface area contributed by atoms with Gasteiger partial charge in [0.15, 0.2) is 6.61 Å². The van der Waals surface area contributed by atoms with Crippen molar-refractivity contribution >= 4 is 23.7 Å². The van der Waals surface area contributed by atoms with Gasteiger partial charge >= 0.3 is 5.97 Å². The molecule has 8 nitrogen and oxygen atoms in total.